The first-order valence-corrected chi connectivity index (χ1v) is 13.6. The number of hydrogen-bond acceptors (Lipinski definition) is 8. The molecule has 4 atom stereocenters. The normalized spacial score (nSPS) is 25.5. The van der Waals surface area contributed by atoms with Gasteiger partial charge in [0.1, 0.15) is 18.4 Å². The summed E-state index contributed by atoms with van der Waals surface area (Å²) < 4.78 is 0. The van der Waals surface area contributed by atoms with Crippen molar-refractivity contribution in [2.75, 3.05) is 63.8 Å². The minimum atomic E-state index is -0.503. The maximum atomic E-state index is 12.6. The molecular weight excluding hydrogens is 476 g/mol. The van der Waals surface area contributed by atoms with E-state index in [1.54, 1.807) is 6.33 Å². The van der Waals surface area contributed by atoms with Crippen LogP contribution in [0.25, 0.3) is 0 Å². The molecule has 1 aliphatic carbocycles. The van der Waals surface area contributed by atoms with Crippen molar-refractivity contribution < 1.29 is 9.90 Å². The molecule has 0 amide bonds. The van der Waals surface area contributed by atoms with Crippen molar-refractivity contribution in [2.45, 2.75) is 44.4 Å². The molecule has 3 heterocycles. The first-order valence-electron chi connectivity index (χ1n) is 13.2. The number of nitrogens with zero attached hydrogens (tertiary/aromatic N) is 6. The highest BCUT2D eigenvalue weighted by atomic mass is 35.5. The smallest absolute Gasteiger partial charge is 0.135 e. The second-order valence-corrected chi connectivity index (χ2v) is 10.7. The lowest BCUT2D eigenvalue weighted by Crippen LogP contribution is -2.61. The molecule has 0 radical (unpaired) electrons. The number of aliphatic hydroxyl groups excluding tert-OH is 1. The minimum Gasteiger partial charge on any atom is -0.387 e. The van der Waals surface area contributed by atoms with Crippen molar-refractivity contribution in [1.29, 1.82) is 0 Å². The largest absolute Gasteiger partial charge is 0.387 e. The quantitative estimate of drug-likeness (QED) is 0.568. The summed E-state index contributed by atoms with van der Waals surface area (Å²) in [4.78, 5) is 31.4. The zero-order valence-electron chi connectivity index (χ0n) is 21.3. The molecule has 0 spiro atoms. The Bertz CT molecular complexity index is 1040. The zero-order valence-corrected chi connectivity index (χ0v) is 22.0. The average Bonchev–Trinajstić information content (AvgIpc) is 3.21. The second-order valence-electron chi connectivity index (χ2n) is 10.3. The van der Waals surface area contributed by atoms with Gasteiger partial charge in [-0.05, 0) is 36.6 Å². The van der Waals surface area contributed by atoms with Gasteiger partial charge in [-0.3, -0.25) is 9.80 Å². The van der Waals surface area contributed by atoms with Crippen molar-refractivity contribution in [1.82, 2.24) is 24.7 Å². The van der Waals surface area contributed by atoms with E-state index in [1.165, 1.54) is 0 Å². The van der Waals surface area contributed by atoms with Crippen LogP contribution in [0.5, 0.6) is 0 Å². The molecule has 8 nitrogen and oxygen atoms in total. The molecule has 9 heteroatoms. The number of aldehydes is 1. The molecule has 1 N–H and O–H groups in total. The third-order valence-corrected chi connectivity index (χ3v) is 8.47. The molecule has 2 saturated heterocycles. The van der Waals surface area contributed by atoms with E-state index in [9.17, 15) is 9.90 Å². The Balaban J connectivity index is 1.37. The number of carbonyl (C=O) groups is 1. The van der Waals surface area contributed by atoms with Gasteiger partial charge in [-0.25, -0.2) is 9.97 Å². The molecule has 5 rings (SSSR count). The van der Waals surface area contributed by atoms with Gasteiger partial charge in [0.05, 0.1) is 23.9 Å². The van der Waals surface area contributed by atoms with Crippen molar-refractivity contribution >= 4 is 23.7 Å². The van der Waals surface area contributed by atoms with Crippen LogP contribution < -0.4 is 4.90 Å². The van der Waals surface area contributed by atoms with Gasteiger partial charge in [0.2, 0.25) is 0 Å². The van der Waals surface area contributed by atoms with Gasteiger partial charge in [-0.15, -0.1) is 0 Å². The van der Waals surface area contributed by atoms with Crippen molar-refractivity contribution in [3.8, 4) is 0 Å². The average molecular weight is 513 g/mol. The number of likely N-dealkylation sites (N-methyl/N-ethyl adjacent to an activating group) is 1. The lowest BCUT2D eigenvalue weighted by Gasteiger charge is -2.48. The van der Waals surface area contributed by atoms with Gasteiger partial charge in [0.15, 0.2) is 0 Å². The van der Waals surface area contributed by atoms with E-state index < -0.39 is 6.10 Å². The van der Waals surface area contributed by atoms with Crippen molar-refractivity contribution in [3.05, 3.63) is 52.4 Å². The van der Waals surface area contributed by atoms with Gasteiger partial charge >= 0.3 is 0 Å². The van der Waals surface area contributed by atoms with Gasteiger partial charge < -0.3 is 19.7 Å². The van der Waals surface area contributed by atoms with E-state index in [0.717, 1.165) is 87.8 Å². The number of anilines is 1. The lowest BCUT2D eigenvalue weighted by molar-refractivity contribution is -0.113. The summed E-state index contributed by atoms with van der Waals surface area (Å²) in [7, 11) is 0. The SMILES string of the molecule is CCN1CCN(C(C(C=O)c2ccc(Cl)cc2)N2CCN(c3ncnc4c3[C@H](C)C[C@H]4O)CC2)CC1. The number of benzene rings is 1. The summed E-state index contributed by atoms with van der Waals surface area (Å²) >= 11 is 6.16. The molecule has 36 heavy (non-hydrogen) atoms. The molecule has 1 aromatic heterocycles. The molecule has 2 aromatic rings. The highest BCUT2D eigenvalue weighted by molar-refractivity contribution is 6.30. The fourth-order valence-electron chi connectivity index (χ4n) is 6.19. The number of halogens is 1. The van der Waals surface area contributed by atoms with E-state index in [4.69, 9.17) is 11.6 Å². The van der Waals surface area contributed by atoms with Crippen LogP contribution >= 0.6 is 11.6 Å². The fourth-order valence-corrected chi connectivity index (χ4v) is 6.31. The van der Waals surface area contributed by atoms with Crippen LogP contribution in [0.2, 0.25) is 5.02 Å². The van der Waals surface area contributed by atoms with E-state index >= 15 is 0 Å². The third kappa shape index (κ3) is 5.02. The molecule has 0 bridgehead atoms. The van der Waals surface area contributed by atoms with E-state index in [-0.39, 0.29) is 18.0 Å². The predicted molar refractivity (Wildman–Crippen MR) is 142 cm³/mol. The molecule has 2 aliphatic heterocycles. The molecule has 0 saturated carbocycles. The van der Waals surface area contributed by atoms with Gasteiger partial charge in [0, 0.05) is 62.9 Å². The number of aromatic nitrogens is 2. The van der Waals surface area contributed by atoms with Crippen LogP contribution in [0.4, 0.5) is 5.82 Å². The highest BCUT2D eigenvalue weighted by Crippen LogP contribution is 2.43. The maximum absolute atomic E-state index is 12.6. The van der Waals surface area contributed by atoms with Crippen LogP contribution in [-0.2, 0) is 4.79 Å². The number of aliphatic hydroxyl groups is 1. The summed E-state index contributed by atoms with van der Waals surface area (Å²) in [6.07, 6.45) is 2.90. The Morgan fingerprint density at radius 2 is 1.67 bits per heavy atom. The van der Waals surface area contributed by atoms with E-state index in [0.29, 0.717) is 11.4 Å². The zero-order chi connectivity index (χ0) is 25.2. The Morgan fingerprint density at radius 3 is 2.28 bits per heavy atom. The first-order chi connectivity index (χ1) is 17.5. The lowest BCUT2D eigenvalue weighted by atomic mass is 9.94. The molecule has 1 aromatic carbocycles. The summed E-state index contributed by atoms with van der Waals surface area (Å²) in [5.74, 6) is 0.957. The summed E-state index contributed by atoms with van der Waals surface area (Å²) in [6, 6.07) is 7.74. The summed E-state index contributed by atoms with van der Waals surface area (Å²) in [6.45, 7) is 12.7. The standard InChI is InChI=1S/C27H37ClN6O2/c1-3-31-8-10-33(11-9-31)27(22(17-35)20-4-6-21(28)7-5-20)34-14-12-32(13-15-34)26-24-19(2)16-23(36)25(24)29-18-30-26/h4-7,17-19,22-23,27,36H,3,8-16H2,1-2H3/t19-,22?,23-,27?/m1/s1. The van der Waals surface area contributed by atoms with Crippen LogP contribution in [0.1, 0.15) is 55.0 Å². The highest BCUT2D eigenvalue weighted by Gasteiger charge is 2.38. The van der Waals surface area contributed by atoms with Crippen LogP contribution in [0.15, 0.2) is 30.6 Å². The predicted octanol–water partition coefficient (Wildman–Crippen LogP) is 2.74. The monoisotopic (exact) mass is 512 g/mol. The number of fused-ring (bicyclic) bond motifs is 1. The number of hydrogen-bond donors (Lipinski definition) is 1. The molecular formula is C27H37ClN6O2. The molecule has 2 unspecified atom stereocenters. The van der Waals surface area contributed by atoms with Crippen LogP contribution in [-0.4, -0.2) is 101 Å². The van der Waals surface area contributed by atoms with E-state index in [2.05, 4.69) is 43.4 Å². The first kappa shape index (κ1) is 25.5. The number of rotatable bonds is 7. The fraction of sp³-hybridized carbons (Fsp3) is 0.593. The van der Waals surface area contributed by atoms with Crippen LogP contribution in [0.3, 0.4) is 0 Å². The number of piperazine rings is 2. The summed E-state index contributed by atoms with van der Waals surface area (Å²) in [5, 5.41) is 11.1. The van der Waals surface area contributed by atoms with Crippen molar-refractivity contribution in [2.24, 2.45) is 0 Å². The maximum Gasteiger partial charge on any atom is 0.135 e. The minimum absolute atomic E-state index is 0.00157. The number of carbonyl (C=O) groups excluding carboxylic acids is 1. The topological polar surface area (TPSA) is 76.0 Å². The summed E-state index contributed by atoms with van der Waals surface area (Å²) in [5.41, 5.74) is 2.89. The Morgan fingerprint density at radius 1 is 1.03 bits per heavy atom. The molecule has 2 fully saturated rings. The van der Waals surface area contributed by atoms with Crippen molar-refractivity contribution in [3.63, 3.8) is 0 Å². The Labute approximate surface area is 218 Å². The molecule has 194 valence electrons. The Hall–Kier alpha value is -2.10. The third-order valence-electron chi connectivity index (χ3n) is 8.22. The second kappa shape index (κ2) is 11.1. The van der Waals surface area contributed by atoms with Crippen LogP contribution in [0, 0.1) is 0 Å². The molecule has 3 aliphatic rings. The van der Waals surface area contributed by atoms with E-state index in [1.807, 2.05) is 24.3 Å². The Kier molecular flexibility index (Phi) is 7.88. The van der Waals surface area contributed by atoms with Gasteiger partial charge in [-0.2, -0.15) is 0 Å². The van der Waals surface area contributed by atoms with Gasteiger partial charge in [-0.1, -0.05) is 37.6 Å². The van der Waals surface area contributed by atoms with Gasteiger partial charge in [0.25, 0.3) is 0 Å².